The molecular weight excluding hydrogens is 342 g/mol. The number of benzene rings is 2. The molecule has 0 spiro atoms. The Labute approximate surface area is 157 Å². The van der Waals surface area contributed by atoms with Crippen molar-refractivity contribution in [3.63, 3.8) is 0 Å². The van der Waals surface area contributed by atoms with Gasteiger partial charge in [0.05, 0.1) is 0 Å². The van der Waals surface area contributed by atoms with Crippen molar-refractivity contribution in [3.8, 4) is 17.2 Å². The summed E-state index contributed by atoms with van der Waals surface area (Å²) in [5, 5.41) is 9.97. The first-order valence-electron chi connectivity index (χ1n) is 9.01. The summed E-state index contributed by atoms with van der Waals surface area (Å²) in [6, 6.07) is 17.6. The van der Waals surface area contributed by atoms with Crippen LogP contribution in [-0.4, -0.2) is 16.7 Å². The van der Waals surface area contributed by atoms with Gasteiger partial charge in [0.15, 0.2) is 0 Å². The molecule has 2 aromatic carbocycles. The summed E-state index contributed by atoms with van der Waals surface area (Å²) in [6.07, 6.45) is 1.42. The van der Waals surface area contributed by atoms with Crippen LogP contribution in [0.5, 0.6) is 5.75 Å². The first-order chi connectivity index (χ1) is 13.2. The average Bonchev–Trinajstić information content (AvgIpc) is 3.28. The summed E-state index contributed by atoms with van der Waals surface area (Å²) in [7, 11) is 0. The van der Waals surface area contributed by atoms with E-state index in [0.717, 1.165) is 40.2 Å². The van der Waals surface area contributed by atoms with E-state index in [9.17, 15) is 0 Å². The first-order valence-corrected chi connectivity index (χ1v) is 9.01. The van der Waals surface area contributed by atoms with Crippen molar-refractivity contribution in [1.82, 2.24) is 4.98 Å². The lowest BCUT2D eigenvalue weighted by Crippen LogP contribution is -1.97. The zero-order valence-corrected chi connectivity index (χ0v) is 15.1. The van der Waals surface area contributed by atoms with Crippen LogP contribution in [0.1, 0.15) is 23.6 Å². The summed E-state index contributed by atoms with van der Waals surface area (Å²) < 4.78 is 17.5. The monoisotopic (exact) mass is 363 g/mol. The third-order valence-electron chi connectivity index (χ3n) is 4.41. The van der Waals surface area contributed by atoms with Gasteiger partial charge in [-0.1, -0.05) is 18.2 Å². The van der Waals surface area contributed by atoms with Gasteiger partial charge in [0, 0.05) is 30.0 Å². The molecule has 0 unspecified atom stereocenters. The van der Waals surface area contributed by atoms with E-state index >= 15 is 0 Å². The molecule has 0 fully saturated rings. The van der Waals surface area contributed by atoms with Gasteiger partial charge >= 0.3 is 0 Å². The lowest BCUT2D eigenvalue weighted by Gasteiger charge is -2.04. The second kappa shape index (κ2) is 7.68. The van der Waals surface area contributed by atoms with Crippen molar-refractivity contribution in [2.75, 3.05) is 6.61 Å². The standard InChI is InChI=1S/C22H21NO4/c1-15-20(23-22(26-15)16-6-3-2-4-7-16)14-25-18-10-9-17-12-19(8-5-11-24)27-21(17)13-18/h2-4,6-7,9-10,12-13,24H,5,8,11,14H2,1H3. The number of hydrogen-bond donors (Lipinski definition) is 1. The third kappa shape index (κ3) is 3.88. The van der Waals surface area contributed by atoms with Crippen LogP contribution in [0.2, 0.25) is 0 Å². The first kappa shape index (κ1) is 17.4. The van der Waals surface area contributed by atoms with Gasteiger partial charge in [-0.3, -0.25) is 0 Å². The van der Waals surface area contributed by atoms with Crippen LogP contribution in [0.3, 0.4) is 0 Å². The predicted molar refractivity (Wildman–Crippen MR) is 103 cm³/mol. The van der Waals surface area contributed by atoms with Gasteiger partial charge in [0.25, 0.3) is 0 Å². The molecule has 0 aliphatic carbocycles. The van der Waals surface area contributed by atoms with E-state index in [1.165, 1.54) is 0 Å². The van der Waals surface area contributed by atoms with Crippen molar-refractivity contribution in [2.45, 2.75) is 26.4 Å². The molecule has 138 valence electrons. The maximum atomic E-state index is 8.95. The molecule has 4 rings (SSSR count). The normalized spacial score (nSPS) is 11.2. The maximum absolute atomic E-state index is 8.95. The van der Waals surface area contributed by atoms with Gasteiger partial charge in [0.1, 0.15) is 35.2 Å². The van der Waals surface area contributed by atoms with E-state index in [1.54, 1.807) is 0 Å². The van der Waals surface area contributed by atoms with Gasteiger partial charge in [-0.2, -0.15) is 0 Å². The molecule has 1 N–H and O–H groups in total. The lowest BCUT2D eigenvalue weighted by atomic mass is 10.2. The number of aliphatic hydroxyl groups excluding tert-OH is 1. The minimum absolute atomic E-state index is 0.160. The molecule has 0 radical (unpaired) electrons. The van der Waals surface area contributed by atoms with Crippen LogP contribution in [0, 0.1) is 6.92 Å². The van der Waals surface area contributed by atoms with Crippen LogP contribution in [0.4, 0.5) is 0 Å². The second-order valence-corrected chi connectivity index (χ2v) is 6.42. The Balaban J connectivity index is 1.47. The molecule has 27 heavy (non-hydrogen) atoms. The smallest absolute Gasteiger partial charge is 0.226 e. The highest BCUT2D eigenvalue weighted by Gasteiger charge is 2.12. The predicted octanol–water partition coefficient (Wildman–Crippen LogP) is 4.90. The fraction of sp³-hybridized carbons (Fsp3) is 0.227. The minimum atomic E-state index is 0.160. The Morgan fingerprint density at radius 1 is 1.04 bits per heavy atom. The van der Waals surface area contributed by atoms with Crippen molar-refractivity contribution in [3.05, 3.63) is 71.8 Å². The van der Waals surface area contributed by atoms with Gasteiger partial charge in [-0.25, -0.2) is 4.98 Å². The number of aromatic nitrogens is 1. The molecule has 0 aliphatic rings. The molecule has 2 aromatic heterocycles. The molecule has 0 atom stereocenters. The summed E-state index contributed by atoms with van der Waals surface area (Å²) in [6.45, 7) is 2.38. The van der Waals surface area contributed by atoms with Crippen molar-refractivity contribution in [1.29, 1.82) is 0 Å². The molecule has 0 amide bonds. The highest BCUT2D eigenvalue weighted by Crippen LogP contribution is 2.26. The van der Waals surface area contributed by atoms with Crippen LogP contribution in [0.15, 0.2) is 63.4 Å². The quantitative estimate of drug-likeness (QED) is 0.506. The SMILES string of the molecule is Cc1oc(-c2ccccc2)nc1COc1ccc2cc(CCCO)oc2c1. The van der Waals surface area contributed by atoms with Crippen molar-refractivity contribution < 1.29 is 18.7 Å². The minimum Gasteiger partial charge on any atom is -0.487 e. The fourth-order valence-electron chi connectivity index (χ4n) is 2.95. The number of oxazole rings is 1. The number of aliphatic hydroxyl groups is 1. The Morgan fingerprint density at radius 2 is 1.89 bits per heavy atom. The van der Waals surface area contributed by atoms with E-state index in [4.69, 9.17) is 18.7 Å². The van der Waals surface area contributed by atoms with Gasteiger partial charge < -0.3 is 18.7 Å². The van der Waals surface area contributed by atoms with Gasteiger partial charge in [0.2, 0.25) is 5.89 Å². The summed E-state index contributed by atoms with van der Waals surface area (Å²) >= 11 is 0. The van der Waals surface area contributed by atoms with Gasteiger partial charge in [-0.05, 0) is 43.7 Å². The number of hydrogen-bond acceptors (Lipinski definition) is 5. The van der Waals surface area contributed by atoms with E-state index in [0.29, 0.717) is 24.7 Å². The topological polar surface area (TPSA) is 68.6 Å². The van der Waals surface area contributed by atoms with Gasteiger partial charge in [-0.15, -0.1) is 0 Å². The average molecular weight is 363 g/mol. The zero-order valence-electron chi connectivity index (χ0n) is 15.1. The molecule has 2 heterocycles. The fourth-order valence-corrected chi connectivity index (χ4v) is 2.95. The molecule has 0 aliphatic heterocycles. The maximum Gasteiger partial charge on any atom is 0.226 e. The second-order valence-electron chi connectivity index (χ2n) is 6.42. The molecule has 5 heteroatoms. The molecule has 0 bridgehead atoms. The van der Waals surface area contributed by atoms with Crippen molar-refractivity contribution in [2.24, 2.45) is 0 Å². The van der Waals surface area contributed by atoms with E-state index in [1.807, 2.05) is 61.5 Å². The van der Waals surface area contributed by atoms with E-state index < -0.39 is 0 Å². The van der Waals surface area contributed by atoms with Crippen LogP contribution in [0.25, 0.3) is 22.4 Å². The highest BCUT2D eigenvalue weighted by atomic mass is 16.5. The Morgan fingerprint density at radius 3 is 2.70 bits per heavy atom. The number of aryl methyl sites for hydroxylation is 2. The number of furan rings is 1. The van der Waals surface area contributed by atoms with Crippen molar-refractivity contribution >= 4 is 11.0 Å². The summed E-state index contributed by atoms with van der Waals surface area (Å²) in [5.74, 6) is 2.94. The zero-order chi connectivity index (χ0) is 18.6. The number of ether oxygens (including phenoxy) is 1. The Hall–Kier alpha value is -3.05. The Bertz CT molecular complexity index is 1030. The number of nitrogens with zero attached hydrogens (tertiary/aromatic N) is 1. The largest absolute Gasteiger partial charge is 0.487 e. The lowest BCUT2D eigenvalue weighted by molar-refractivity contribution is 0.284. The molecule has 0 saturated heterocycles. The van der Waals surface area contributed by atoms with Crippen LogP contribution >= 0.6 is 0 Å². The molecule has 0 saturated carbocycles. The molecule has 5 nitrogen and oxygen atoms in total. The summed E-state index contributed by atoms with van der Waals surface area (Å²) in [4.78, 5) is 4.56. The molecule has 4 aromatic rings. The third-order valence-corrected chi connectivity index (χ3v) is 4.41. The highest BCUT2D eigenvalue weighted by molar-refractivity contribution is 5.79. The van der Waals surface area contributed by atoms with Crippen LogP contribution < -0.4 is 4.74 Å². The van der Waals surface area contributed by atoms with E-state index in [2.05, 4.69) is 4.98 Å². The van der Waals surface area contributed by atoms with E-state index in [-0.39, 0.29) is 6.61 Å². The Kier molecular flexibility index (Phi) is 4.94. The number of rotatable bonds is 7. The molecular formula is C22H21NO4. The summed E-state index contributed by atoms with van der Waals surface area (Å²) in [5.41, 5.74) is 2.50. The van der Waals surface area contributed by atoms with Crippen LogP contribution in [-0.2, 0) is 13.0 Å². The number of fused-ring (bicyclic) bond motifs is 1.